The standard InChI is InChI=1S/C7H13NOS/c1-4-6(2)10(9)7(3)5-8/h6-7H,4H2,1-3H3. The lowest BCUT2D eigenvalue weighted by atomic mass is 10.4. The van der Waals surface area contributed by atoms with E-state index < -0.39 is 10.8 Å². The number of nitrogens with zero attached hydrogens (tertiary/aromatic N) is 1. The van der Waals surface area contributed by atoms with Crippen LogP contribution in [0, 0.1) is 11.3 Å². The molecule has 0 heterocycles. The van der Waals surface area contributed by atoms with Gasteiger partial charge in [-0.1, -0.05) is 13.8 Å². The van der Waals surface area contributed by atoms with E-state index in [0.29, 0.717) is 0 Å². The fraction of sp³-hybridized carbons (Fsp3) is 0.857. The lowest BCUT2D eigenvalue weighted by Crippen LogP contribution is -2.19. The molecule has 0 aliphatic heterocycles. The third kappa shape index (κ3) is 2.49. The Hall–Kier alpha value is -0.360. The highest BCUT2D eigenvalue weighted by molar-refractivity contribution is 7.86. The van der Waals surface area contributed by atoms with Gasteiger partial charge in [0.1, 0.15) is 5.25 Å². The maximum Gasteiger partial charge on any atom is 0.119 e. The van der Waals surface area contributed by atoms with Crippen molar-refractivity contribution in [3.05, 3.63) is 0 Å². The fourth-order valence-electron chi connectivity index (χ4n) is 0.565. The quantitative estimate of drug-likeness (QED) is 0.625. The molecule has 0 bridgehead atoms. The normalized spacial score (nSPS) is 19.0. The van der Waals surface area contributed by atoms with Crippen LogP contribution in [0.25, 0.3) is 0 Å². The van der Waals surface area contributed by atoms with E-state index in [1.54, 1.807) is 6.92 Å². The molecule has 0 radical (unpaired) electrons. The van der Waals surface area contributed by atoms with Crippen LogP contribution < -0.4 is 0 Å². The van der Waals surface area contributed by atoms with Crippen LogP contribution >= 0.6 is 0 Å². The van der Waals surface area contributed by atoms with Crippen molar-refractivity contribution in [3.8, 4) is 6.07 Å². The summed E-state index contributed by atoms with van der Waals surface area (Å²) in [5.41, 5.74) is 0. The van der Waals surface area contributed by atoms with Crippen LogP contribution in [-0.2, 0) is 10.8 Å². The Kier molecular flexibility index (Phi) is 4.29. The second kappa shape index (κ2) is 4.45. The van der Waals surface area contributed by atoms with E-state index in [-0.39, 0.29) is 10.5 Å². The minimum atomic E-state index is -0.971. The van der Waals surface area contributed by atoms with Crippen molar-refractivity contribution in [2.24, 2.45) is 0 Å². The van der Waals surface area contributed by atoms with Crippen molar-refractivity contribution >= 4 is 10.8 Å². The van der Waals surface area contributed by atoms with Gasteiger partial charge in [0.25, 0.3) is 0 Å². The molecule has 2 nitrogen and oxygen atoms in total. The minimum Gasteiger partial charge on any atom is -0.258 e. The second-order valence-electron chi connectivity index (χ2n) is 2.32. The Morgan fingerprint density at radius 2 is 2.10 bits per heavy atom. The first-order valence-corrected chi connectivity index (χ1v) is 4.70. The van der Waals surface area contributed by atoms with Gasteiger partial charge in [0, 0.05) is 16.0 Å². The molecule has 0 aromatic rings. The topological polar surface area (TPSA) is 40.9 Å². The van der Waals surface area contributed by atoms with Crippen LogP contribution in [0.2, 0.25) is 0 Å². The van der Waals surface area contributed by atoms with Gasteiger partial charge in [-0.2, -0.15) is 5.26 Å². The van der Waals surface area contributed by atoms with Gasteiger partial charge in [0.05, 0.1) is 6.07 Å². The van der Waals surface area contributed by atoms with Crippen LogP contribution in [0.4, 0.5) is 0 Å². The Bertz CT molecular complexity index is 161. The third-order valence-corrected chi connectivity index (χ3v) is 3.43. The fourth-order valence-corrected chi connectivity index (χ4v) is 1.69. The van der Waals surface area contributed by atoms with Crippen LogP contribution in [-0.4, -0.2) is 14.7 Å². The Balaban J connectivity index is 3.98. The van der Waals surface area contributed by atoms with Crippen molar-refractivity contribution in [2.75, 3.05) is 0 Å². The molecule has 3 unspecified atom stereocenters. The molecule has 0 N–H and O–H groups in total. The first kappa shape index (κ1) is 9.64. The van der Waals surface area contributed by atoms with Crippen molar-refractivity contribution in [1.29, 1.82) is 5.26 Å². The monoisotopic (exact) mass is 159 g/mol. The van der Waals surface area contributed by atoms with Crippen molar-refractivity contribution in [1.82, 2.24) is 0 Å². The number of nitriles is 1. The van der Waals surface area contributed by atoms with Crippen LogP contribution in [0.5, 0.6) is 0 Å². The SMILES string of the molecule is CCC(C)S(=O)C(C)C#N. The summed E-state index contributed by atoms with van der Waals surface area (Å²) < 4.78 is 11.2. The van der Waals surface area contributed by atoms with Gasteiger partial charge in [-0.15, -0.1) is 0 Å². The summed E-state index contributed by atoms with van der Waals surface area (Å²) in [6.45, 7) is 5.58. The molecule has 0 saturated heterocycles. The number of hydrogen-bond acceptors (Lipinski definition) is 2. The molecule has 0 fully saturated rings. The summed E-state index contributed by atoms with van der Waals surface area (Å²) in [5, 5.41) is 8.23. The molecule has 58 valence electrons. The molecule has 0 amide bonds. The predicted octanol–water partition coefficient (Wildman–Crippen LogP) is 1.45. The molecule has 3 heteroatoms. The molecule has 3 atom stereocenters. The summed E-state index contributed by atoms with van der Waals surface area (Å²) in [6.07, 6.45) is 0.874. The van der Waals surface area contributed by atoms with Gasteiger partial charge in [0.2, 0.25) is 0 Å². The number of hydrogen-bond donors (Lipinski definition) is 0. The third-order valence-electron chi connectivity index (χ3n) is 1.50. The Morgan fingerprint density at radius 3 is 2.40 bits per heavy atom. The zero-order valence-corrected chi connectivity index (χ0v) is 7.44. The largest absolute Gasteiger partial charge is 0.258 e. The van der Waals surface area contributed by atoms with Gasteiger partial charge in [0.15, 0.2) is 0 Å². The summed E-state index contributed by atoms with van der Waals surface area (Å²) in [5.74, 6) is 0. The highest BCUT2D eigenvalue weighted by Crippen LogP contribution is 2.05. The Morgan fingerprint density at radius 1 is 1.60 bits per heavy atom. The van der Waals surface area contributed by atoms with Crippen LogP contribution in [0.15, 0.2) is 0 Å². The summed E-state index contributed by atoms with van der Waals surface area (Å²) >= 11 is 0. The van der Waals surface area contributed by atoms with Gasteiger partial charge < -0.3 is 0 Å². The summed E-state index contributed by atoms with van der Waals surface area (Å²) in [7, 11) is -0.971. The molecule has 0 spiro atoms. The van der Waals surface area contributed by atoms with E-state index in [0.717, 1.165) is 6.42 Å². The summed E-state index contributed by atoms with van der Waals surface area (Å²) in [4.78, 5) is 0. The molecule has 0 aromatic heterocycles. The molecule has 0 rings (SSSR count). The molecule has 10 heavy (non-hydrogen) atoms. The maximum absolute atomic E-state index is 11.2. The smallest absolute Gasteiger partial charge is 0.119 e. The predicted molar refractivity (Wildman–Crippen MR) is 43.0 cm³/mol. The minimum absolute atomic E-state index is 0.148. The number of rotatable bonds is 3. The lowest BCUT2D eigenvalue weighted by Gasteiger charge is -2.08. The van der Waals surface area contributed by atoms with E-state index in [1.165, 1.54) is 0 Å². The molecular weight excluding hydrogens is 146 g/mol. The van der Waals surface area contributed by atoms with Crippen molar-refractivity contribution < 1.29 is 4.21 Å². The zero-order valence-electron chi connectivity index (χ0n) is 6.63. The maximum atomic E-state index is 11.2. The van der Waals surface area contributed by atoms with Gasteiger partial charge >= 0.3 is 0 Å². The highest BCUT2D eigenvalue weighted by atomic mass is 32.2. The molecule has 0 aliphatic carbocycles. The zero-order chi connectivity index (χ0) is 8.15. The average molecular weight is 159 g/mol. The van der Waals surface area contributed by atoms with Crippen LogP contribution in [0.1, 0.15) is 27.2 Å². The van der Waals surface area contributed by atoms with E-state index in [2.05, 4.69) is 0 Å². The molecular formula is C7H13NOS. The highest BCUT2D eigenvalue weighted by Gasteiger charge is 2.15. The van der Waals surface area contributed by atoms with Gasteiger partial charge in [-0.25, -0.2) is 0 Å². The first-order valence-electron chi connectivity index (χ1n) is 3.42. The second-order valence-corrected chi connectivity index (χ2v) is 4.49. The molecule has 0 saturated carbocycles. The van der Waals surface area contributed by atoms with E-state index in [9.17, 15) is 4.21 Å². The van der Waals surface area contributed by atoms with E-state index >= 15 is 0 Å². The molecule has 0 aliphatic rings. The van der Waals surface area contributed by atoms with Gasteiger partial charge in [-0.05, 0) is 13.3 Å². The Labute approximate surface area is 64.7 Å². The van der Waals surface area contributed by atoms with E-state index in [1.807, 2.05) is 19.9 Å². The van der Waals surface area contributed by atoms with E-state index in [4.69, 9.17) is 5.26 Å². The summed E-state index contributed by atoms with van der Waals surface area (Å²) in [6, 6.07) is 1.98. The van der Waals surface area contributed by atoms with Gasteiger partial charge in [-0.3, -0.25) is 4.21 Å². The average Bonchev–Trinajstić information content (AvgIpc) is 2.00. The van der Waals surface area contributed by atoms with Crippen molar-refractivity contribution in [2.45, 2.75) is 37.7 Å². The molecule has 0 aromatic carbocycles. The first-order chi connectivity index (χ1) is 4.63. The lowest BCUT2D eigenvalue weighted by molar-refractivity contribution is 0.667. The van der Waals surface area contributed by atoms with Crippen LogP contribution in [0.3, 0.4) is 0 Å². The van der Waals surface area contributed by atoms with Crippen molar-refractivity contribution in [3.63, 3.8) is 0 Å².